The van der Waals surface area contributed by atoms with Gasteiger partial charge in [-0.3, -0.25) is 0 Å². The molecule has 0 atom stereocenters. The van der Waals surface area contributed by atoms with Gasteiger partial charge < -0.3 is 4.84 Å². The van der Waals surface area contributed by atoms with E-state index in [0.29, 0.717) is 0 Å². The molecule has 0 saturated carbocycles. The Morgan fingerprint density at radius 2 is 2.29 bits per heavy atom. The Hall–Kier alpha value is -0.190. The van der Waals surface area contributed by atoms with Crippen molar-refractivity contribution >= 4 is 22.9 Å². The maximum Gasteiger partial charge on any atom is 0.120 e. The number of hydrogen-bond donors (Lipinski definition) is 0. The normalized spacial score (nSPS) is 17.0. The molecule has 1 aliphatic heterocycles. The zero-order valence-electron chi connectivity index (χ0n) is 3.54. The van der Waals surface area contributed by atoms with E-state index in [2.05, 4.69) is 0 Å². The molecular weight excluding hydrogens is 205 g/mol. The van der Waals surface area contributed by atoms with Gasteiger partial charge >= 0.3 is 0 Å². The summed E-state index contributed by atoms with van der Waals surface area (Å²) in [6, 6.07) is 0. The molecule has 0 aromatic heterocycles. The summed E-state index contributed by atoms with van der Waals surface area (Å²) in [6.45, 7) is 0. The number of rotatable bonds is 0. The fourth-order valence-electron chi connectivity index (χ4n) is 0.291. The van der Waals surface area contributed by atoms with Gasteiger partial charge in [-0.2, -0.15) is 3.28 Å². The summed E-state index contributed by atoms with van der Waals surface area (Å²) in [6.07, 6.45) is 7.16. The van der Waals surface area contributed by atoms with Crippen LogP contribution in [0, 0.1) is 0 Å². The first-order valence-corrected chi connectivity index (χ1v) is 2.81. The second-order valence-corrected chi connectivity index (χ2v) is 2.00. The molecule has 0 spiro atoms. The van der Waals surface area contributed by atoms with Crippen molar-refractivity contribution in [2.45, 2.75) is 0 Å². The van der Waals surface area contributed by atoms with Gasteiger partial charge in [0.15, 0.2) is 0 Å². The Morgan fingerprint density at radius 1 is 1.43 bits per heavy atom. The maximum atomic E-state index is 4.83. The molecular formula is C4H4INO. The molecule has 3 heteroatoms. The highest BCUT2D eigenvalue weighted by Gasteiger charge is 1.88. The zero-order valence-corrected chi connectivity index (χ0v) is 5.70. The highest BCUT2D eigenvalue weighted by atomic mass is 127. The third-order valence-electron chi connectivity index (χ3n) is 0.555. The largest absolute Gasteiger partial charge is 0.379 e. The van der Waals surface area contributed by atoms with Gasteiger partial charge in [0.05, 0.1) is 6.20 Å². The summed E-state index contributed by atoms with van der Waals surface area (Å²) < 4.78 is 1.60. The second-order valence-electron chi connectivity index (χ2n) is 1.05. The van der Waals surface area contributed by atoms with E-state index in [1.165, 1.54) is 0 Å². The zero-order chi connectivity index (χ0) is 5.11. The van der Waals surface area contributed by atoms with Gasteiger partial charge in [0, 0.05) is 0 Å². The van der Waals surface area contributed by atoms with Gasteiger partial charge in [0.1, 0.15) is 29.1 Å². The van der Waals surface area contributed by atoms with Crippen LogP contribution >= 0.6 is 22.9 Å². The highest BCUT2D eigenvalue weighted by Crippen LogP contribution is 2.04. The van der Waals surface area contributed by atoms with Crippen molar-refractivity contribution in [1.29, 1.82) is 0 Å². The predicted molar refractivity (Wildman–Crippen MR) is 35.2 cm³/mol. The van der Waals surface area contributed by atoms with Crippen molar-refractivity contribution in [3.63, 3.8) is 0 Å². The van der Waals surface area contributed by atoms with Gasteiger partial charge in [-0.1, -0.05) is 0 Å². The Bertz CT molecular complexity index is 110. The van der Waals surface area contributed by atoms with Gasteiger partial charge in [-0.15, -0.1) is 0 Å². The predicted octanol–water partition coefficient (Wildman–Crippen LogP) is 1.61. The molecule has 0 saturated heterocycles. The number of allylic oxidation sites excluding steroid dienone is 2. The minimum atomic E-state index is 1.60. The fraction of sp³-hybridized carbons (Fsp3) is 0. The van der Waals surface area contributed by atoms with E-state index < -0.39 is 0 Å². The molecule has 0 aromatic carbocycles. The van der Waals surface area contributed by atoms with Crippen LogP contribution < -0.4 is 0 Å². The number of nitrogens with zero attached hydrogens (tertiary/aromatic N) is 1. The molecule has 38 valence electrons. The molecule has 0 aromatic rings. The van der Waals surface area contributed by atoms with Crippen LogP contribution in [-0.2, 0) is 4.84 Å². The van der Waals surface area contributed by atoms with Crippen LogP contribution in [0.3, 0.4) is 0 Å². The lowest BCUT2D eigenvalue weighted by Crippen LogP contribution is -1.99. The molecule has 0 unspecified atom stereocenters. The molecule has 2 nitrogen and oxygen atoms in total. The molecule has 0 bridgehead atoms. The second kappa shape index (κ2) is 2.20. The van der Waals surface area contributed by atoms with Crippen LogP contribution in [0.25, 0.3) is 0 Å². The SMILES string of the molecule is IN1C=CC=CO1. The fourth-order valence-corrected chi connectivity index (χ4v) is 0.608. The average Bonchev–Trinajstić information content (AvgIpc) is 1.69. The van der Waals surface area contributed by atoms with Crippen LogP contribution in [0.4, 0.5) is 0 Å². The molecule has 0 fully saturated rings. The summed E-state index contributed by atoms with van der Waals surface area (Å²) in [5.41, 5.74) is 0. The molecule has 7 heavy (non-hydrogen) atoms. The van der Waals surface area contributed by atoms with Gasteiger partial charge in [0.2, 0.25) is 0 Å². The lowest BCUT2D eigenvalue weighted by molar-refractivity contribution is 0.0624. The van der Waals surface area contributed by atoms with Crippen LogP contribution in [0.5, 0.6) is 0 Å². The topological polar surface area (TPSA) is 12.5 Å². The number of halogens is 1. The summed E-state index contributed by atoms with van der Waals surface area (Å²) in [5, 5.41) is 0. The van der Waals surface area contributed by atoms with E-state index in [-0.39, 0.29) is 0 Å². The van der Waals surface area contributed by atoms with Crippen molar-refractivity contribution in [3.05, 3.63) is 24.6 Å². The molecule has 0 amide bonds. The summed E-state index contributed by atoms with van der Waals surface area (Å²) >= 11 is 2.03. The lowest BCUT2D eigenvalue weighted by atomic mass is 10.6. The molecule has 1 rings (SSSR count). The molecule has 0 radical (unpaired) electrons. The first kappa shape index (κ1) is 4.96. The molecule has 1 heterocycles. The summed E-state index contributed by atoms with van der Waals surface area (Å²) in [7, 11) is 0. The van der Waals surface area contributed by atoms with Crippen LogP contribution in [-0.4, -0.2) is 3.28 Å². The third-order valence-corrected chi connectivity index (χ3v) is 1.10. The smallest absolute Gasteiger partial charge is 0.120 e. The van der Waals surface area contributed by atoms with Gasteiger partial charge in [-0.05, 0) is 12.2 Å². The summed E-state index contributed by atoms with van der Waals surface area (Å²) in [4.78, 5) is 4.83. The molecule has 0 N–H and O–H groups in total. The molecule has 0 aliphatic carbocycles. The monoisotopic (exact) mass is 209 g/mol. The first-order chi connectivity index (χ1) is 3.39. The lowest BCUT2D eigenvalue weighted by Gasteiger charge is -2.09. The van der Waals surface area contributed by atoms with E-state index in [1.807, 2.05) is 41.2 Å². The third kappa shape index (κ3) is 1.38. The Labute approximate surface area is 55.9 Å². The minimum absolute atomic E-state index is 1.60. The van der Waals surface area contributed by atoms with E-state index in [9.17, 15) is 0 Å². The van der Waals surface area contributed by atoms with Crippen LogP contribution in [0.1, 0.15) is 0 Å². The number of hydroxylamine groups is 1. The summed E-state index contributed by atoms with van der Waals surface area (Å²) in [5.74, 6) is 0. The first-order valence-electron chi connectivity index (χ1n) is 1.85. The number of hydrogen-bond acceptors (Lipinski definition) is 2. The van der Waals surface area contributed by atoms with Crippen molar-refractivity contribution in [1.82, 2.24) is 3.28 Å². The van der Waals surface area contributed by atoms with E-state index in [0.717, 1.165) is 0 Å². The quantitative estimate of drug-likeness (QED) is 0.443. The Balaban J connectivity index is 2.49. The highest BCUT2D eigenvalue weighted by molar-refractivity contribution is 14.1. The van der Waals surface area contributed by atoms with Crippen molar-refractivity contribution in [2.24, 2.45) is 0 Å². The van der Waals surface area contributed by atoms with E-state index in [4.69, 9.17) is 4.84 Å². The standard InChI is InChI=1S/C4H4INO/c5-6-3-1-2-4-7-6/h1-4H. The van der Waals surface area contributed by atoms with Crippen molar-refractivity contribution in [3.8, 4) is 0 Å². The Morgan fingerprint density at radius 3 is 2.57 bits per heavy atom. The van der Waals surface area contributed by atoms with Crippen molar-refractivity contribution < 1.29 is 4.84 Å². The van der Waals surface area contributed by atoms with Gasteiger partial charge in [0.25, 0.3) is 0 Å². The van der Waals surface area contributed by atoms with Gasteiger partial charge in [-0.25, -0.2) is 0 Å². The van der Waals surface area contributed by atoms with Crippen molar-refractivity contribution in [2.75, 3.05) is 0 Å². The van der Waals surface area contributed by atoms with Crippen LogP contribution in [0.15, 0.2) is 24.6 Å². The van der Waals surface area contributed by atoms with E-state index in [1.54, 1.807) is 9.54 Å². The minimum Gasteiger partial charge on any atom is -0.379 e. The Kier molecular flexibility index (Phi) is 1.56. The maximum absolute atomic E-state index is 4.83. The molecule has 1 aliphatic rings. The van der Waals surface area contributed by atoms with E-state index >= 15 is 0 Å². The van der Waals surface area contributed by atoms with Crippen LogP contribution in [0.2, 0.25) is 0 Å². The average molecular weight is 209 g/mol.